The molecule has 0 bridgehead atoms. The van der Waals surface area contributed by atoms with Crippen LogP contribution in [-0.2, 0) is 6.61 Å². The smallest absolute Gasteiger partial charge is 0.335 e. The van der Waals surface area contributed by atoms with Gasteiger partial charge in [-0.3, -0.25) is 0 Å². The lowest BCUT2D eigenvalue weighted by Crippen LogP contribution is -2.02. The SMILES string of the molecule is O=C(O)c1cc(Br)c(OCc2cc(Cl)ccc2F)c(Br)c1. The Morgan fingerprint density at radius 1 is 1.24 bits per heavy atom. The molecule has 0 saturated carbocycles. The first-order valence-corrected chi connectivity index (χ1v) is 7.64. The minimum absolute atomic E-state index is 0.0317. The van der Waals surface area contributed by atoms with E-state index in [4.69, 9.17) is 21.4 Å². The van der Waals surface area contributed by atoms with Crippen LogP contribution in [0.5, 0.6) is 5.75 Å². The Hall–Kier alpha value is -1.11. The van der Waals surface area contributed by atoms with E-state index in [1.54, 1.807) is 0 Å². The van der Waals surface area contributed by atoms with Crippen LogP contribution in [0.4, 0.5) is 4.39 Å². The van der Waals surface area contributed by atoms with Crippen LogP contribution in [0.3, 0.4) is 0 Å². The van der Waals surface area contributed by atoms with E-state index in [0.29, 0.717) is 25.3 Å². The number of carboxylic acid groups (broad SMARTS) is 1. The number of hydrogen-bond donors (Lipinski definition) is 1. The van der Waals surface area contributed by atoms with E-state index in [1.807, 2.05) is 0 Å². The Labute approximate surface area is 141 Å². The van der Waals surface area contributed by atoms with Gasteiger partial charge in [0.2, 0.25) is 0 Å². The zero-order valence-electron chi connectivity index (χ0n) is 10.4. The van der Waals surface area contributed by atoms with Gasteiger partial charge in [-0.2, -0.15) is 0 Å². The molecule has 110 valence electrons. The third-order valence-corrected chi connectivity index (χ3v) is 4.04. The summed E-state index contributed by atoms with van der Waals surface area (Å²) in [5, 5.41) is 9.36. The molecule has 0 aliphatic heterocycles. The van der Waals surface area contributed by atoms with Gasteiger partial charge < -0.3 is 9.84 Å². The summed E-state index contributed by atoms with van der Waals surface area (Å²) in [4.78, 5) is 10.9. The van der Waals surface area contributed by atoms with Crippen LogP contribution in [-0.4, -0.2) is 11.1 Å². The van der Waals surface area contributed by atoms with Gasteiger partial charge in [-0.15, -0.1) is 0 Å². The molecular weight excluding hydrogens is 430 g/mol. The lowest BCUT2D eigenvalue weighted by Gasteiger charge is -2.12. The maximum Gasteiger partial charge on any atom is 0.335 e. The largest absolute Gasteiger partial charge is 0.486 e. The molecule has 0 saturated heterocycles. The Morgan fingerprint density at radius 2 is 1.86 bits per heavy atom. The van der Waals surface area contributed by atoms with Crippen LogP contribution < -0.4 is 4.74 Å². The van der Waals surface area contributed by atoms with E-state index < -0.39 is 11.8 Å². The molecule has 2 aromatic carbocycles. The zero-order valence-corrected chi connectivity index (χ0v) is 14.3. The number of aromatic carboxylic acids is 1. The predicted molar refractivity (Wildman–Crippen MR) is 84.5 cm³/mol. The molecule has 1 N–H and O–H groups in total. The Morgan fingerprint density at radius 3 is 2.43 bits per heavy atom. The van der Waals surface area contributed by atoms with E-state index in [1.165, 1.54) is 30.3 Å². The van der Waals surface area contributed by atoms with E-state index in [-0.39, 0.29) is 12.2 Å². The zero-order chi connectivity index (χ0) is 15.6. The Bertz CT molecular complexity index is 684. The van der Waals surface area contributed by atoms with E-state index in [0.717, 1.165) is 0 Å². The molecule has 0 radical (unpaired) electrons. The molecule has 0 aliphatic rings. The average Bonchev–Trinajstić information content (AvgIpc) is 2.41. The molecule has 0 heterocycles. The van der Waals surface area contributed by atoms with Gasteiger partial charge in [-0.25, -0.2) is 9.18 Å². The third kappa shape index (κ3) is 3.96. The van der Waals surface area contributed by atoms with Crippen molar-refractivity contribution in [1.82, 2.24) is 0 Å². The topological polar surface area (TPSA) is 46.5 Å². The van der Waals surface area contributed by atoms with Crippen molar-refractivity contribution in [2.75, 3.05) is 0 Å². The maximum atomic E-state index is 13.6. The highest BCUT2D eigenvalue weighted by atomic mass is 79.9. The molecule has 2 aromatic rings. The van der Waals surface area contributed by atoms with E-state index >= 15 is 0 Å². The van der Waals surface area contributed by atoms with Crippen molar-refractivity contribution in [3.63, 3.8) is 0 Å². The number of hydrogen-bond acceptors (Lipinski definition) is 2. The van der Waals surface area contributed by atoms with Crippen LogP contribution >= 0.6 is 43.5 Å². The molecule has 0 aromatic heterocycles. The summed E-state index contributed by atoms with van der Waals surface area (Å²) in [6, 6.07) is 7.02. The van der Waals surface area contributed by atoms with Gasteiger partial charge in [0.05, 0.1) is 14.5 Å². The highest BCUT2D eigenvalue weighted by Gasteiger charge is 2.14. The molecule has 7 heteroatoms. The number of halogens is 4. The fourth-order valence-electron chi connectivity index (χ4n) is 1.63. The number of ether oxygens (including phenoxy) is 1. The molecular formula is C14H8Br2ClFO3. The van der Waals surface area contributed by atoms with Gasteiger partial charge in [0.25, 0.3) is 0 Å². The standard InChI is InChI=1S/C14H8Br2ClFO3/c15-10-4-7(14(19)20)5-11(16)13(10)21-6-8-3-9(17)1-2-12(8)18/h1-5H,6H2,(H,19,20). The fraction of sp³-hybridized carbons (Fsp3) is 0.0714. The van der Waals surface area contributed by atoms with Crippen LogP contribution in [0.15, 0.2) is 39.3 Å². The molecule has 0 amide bonds. The minimum Gasteiger partial charge on any atom is -0.486 e. The molecule has 0 atom stereocenters. The van der Waals surface area contributed by atoms with Gasteiger partial charge in [-0.05, 0) is 62.2 Å². The second-order valence-corrected chi connectivity index (χ2v) is 6.24. The molecule has 0 unspecified atom stereocenters. The lowest BCUT2D eigenvalue weighted by atomic mass is 10.2. The molecule has 21 heavy (non-hydrogen) atoms. The van der Waals surface area contributed by atoms with E-state index in [9.17, 15) is 9.18 Å². The van der Waals surface area contributed by atoms with Crippen molar-refractivity contribution < 1.29 is 19.0 Å². The van der Waals surface area contributed by atoms with Gasteiger partial charge in [0.1, 0.15) is 18.2 Å². The molecule has 3 nitrogen and oxygen atoms in total. The number of benzene rings is 2. The predicted octanol–water partition coefficient (Wildman–Crippen LogP) is 5.28. The molecule has 0 fully saturated rings. The van der Waals surface area contributed by atoms with Crippen LogP contribution in [0.25, 0.3) is 0 Å². The first kappa shape index (κ1) is 16.3. The summed E-state index contributed by atoms with van der Waals surface area (Å²) < 4.78 is 20.1. The van der Waals surface area contributed by atoms with E-state index in [2.05, 4.69) is 31.9 Å². The van der Waals surface area contributed by atoms with Crippen molar-refractivity contribution in [2.45, 2.75) is 6.61 Å². The summed E-state index contributed by atoms with van der Waals surface area (Å²) in [6.45, 7) is -0.0317. The van der Waals surface area contributed by atoms with Crippen molar-refractivity contribution >= 4 is 49.4 Å². The van der Waals surface area contributed by atoms with Crippen molar-refractivity contribution in [3.8, 4) is 5.75 Å². The molecule has 2 rings (SSSR count). The Kier molecular flexibility index (Phi) is 5.24. The second kappa shape index (κ2) is 6.77. The lowest BCUT2D eigenvalue weighted by molar-refractivity contribution is 0.0696. The van der Waals surface area contributed by atoms with Crippen LogP contribution in [0.1, 0.15) is 15.9 Å². The summed E-state index contributed by atoms with van der Waals surface area (Å²) in [7, 11) is 0. The first-order chi connectivity index (χ1) is 9.88. The quantitative estimate of drug-likeness (QED) is 0.707. The summed E-state index contributed by atoms with van der Waals surface area (Å²) in [5.41, 5.74) is 0.415. The van der Waals surface area contributed by atoms with Crippen LogP contribution in [0, 0.1) is 5.82 Å². The average molecular weight is 438 g/mol. The van der Waals surface area contributed by atoms with Gasteiger partial charge >= 0.3 is 5.97 Å². The fourth-order valence-corrected chi connectivity index (χ4v) is 3.24. The normalized spacial score (nSPS) is 10.5. The van der Waals surface area contributed by atoms with Crippen molar-refractivity contribution in [1.29, 1.82) is 0 Å². The second-order valence-electron chi connectivity index (χ2n) is 4.10. The molecule has 0 spiro atoms. The van der Waals surface area contributed by atoms with Gasteiger partial charge in [0.15, 0.2) is 0 Å². The summed E-state index contributed by atoms with van der Waals surface area (Å²) in [6.07, 6.45) is 0. The van der Waals surface area contributed by atoms with Gasteiger partial charge in [0, 0.05) is 10.6 Å². The highest BCUT2D eigenvalue weighted by Crippen LogP contribution is 2.35. The van der Waals surface area contributed by atoms with Crippen LogP contribution in [0.2, 0.25) is 5.02 Å². The minimum atomic E-state index is -1.05. The Balaban J connectivity index is 2.24. The van der Waals surface area contributed by atoms with Crippen molar-refractivity contribution in [3.05, 3.63) is 61.2 Å². The first-order valence-electron chi connectivity index (χ1n) is 5.67. The summed E-state index contributed by atoms with van der Waals surface area (Å²) >= 11 is 12.3. The monoisotopic (exact) mass is 436 g/mol. The number of carboxylic acids is 1. The van der Waals surface area contributed by atoms with Gasteiger partial charge in [-0.1, -0.05) is 11.6 Å². The molecule has 0 aliphatic carbocycles. The number of rotatable bonds is 4. The maximum absolute atomic E-state index is 13.6. The highest BCUT2D eigenvalue weighted by molar-refractivity contribution is 9.11. The summed E-state index contributed by atoms with van der Waals surface area (Å²) in [5.74, 6) is -1.09. The number of carbonyl (C=O) groups is 1. The third-order valence-electron chi connectivity index (χ3n) is 2.63. The van der Waals surface area contributed by atoms with Crippen molar-refractivity contribution in [2.24, 2.45) is 0 Å².